The second kappa shape index (κ2) is 2.65. The Kier molecular flexibility index (Phi) is 1.85. The van der Waals surface area contributed by atoms with Crippen LogP contribution in [0.15, 0.2) is 0 Å². The van der Waals surface area contributed by atoms with E-state index >= 15 is 0 Å². The van der Waals surface area contributed by atoms with Crippen LogP contribution in [0.4, 0.5) is 0 Å². The van der Waals surface area contributed by atoms with Crippen molar-refractivity contribution in [1.82, 2.24) is 0 Å². The molecule has 2 saturated heterocycles. The van der Waals surface area contributed by atoms with Crippen molar-refractivity contribution in [1.29, 1.82) is 0 Å². The summed E-state index contributed by atoms with van der Waals surface area (Å²) >= 11 is 0. The maximum absolute atomic E-state index is 9.70. The smallest absolute Gasteiger partial charge is 0.219 e. The first kappa shape index (κ1) is 8.40. The first-order chi connectivity index (χ1) is 5.67. The van der Waals surface area contributed by atoms with Gasteiger partial charge < -0.3 is 24.4 Å². The quantitative estimate of drug-likeness (QED) is 0.475. The summed E-state index contributed by atoms with van der Waals surface area (Å²) in [5, 5.41) is 19.0. The van der Waals surface area contributed by atoms with Gasteiger partial charge in [-0.05, 0) is 0 Å². The lowest BCUT2D eigenvalue weighted by Crippen LogP contribution is -2.45. The van der Waals surface area contributed by atoms with Crippen LogP contribution in [0.2, 0.25) is 0 Å². The minimum atomic E-state index is -1.39. The fraction of sp³-hybridized carbons (Fsp3) is 1.00. The fourth-order valence-corrected chi connectivity index (χ4v) is 1.65. The van der Waals surface area contributed by atoms with Gasteiger partial charge in [-0.3, -0.25) is 0 Å². The third-order valence-electron chi connectivity index (χ3n) is 2.40. The Morgan fingerprint density at radius 1 is 1.50 bits per heavy atom. The van der Waals surface area contributed by atoms with E-state index in [0.717, 1.165) is 0 Å². The zero-order valence-corrected chi connectivity index (χ0v) is 6.77. The summed E-state index contributed by atoms with van der Waals surface area (Å²) in [5.74, 6) is -1.39. The second-order valence-corrected chi connectivity index (χ2v) is 3.15. The Labute approximate surface area is 69.8 Å². The van der Waals surface area contributed by atoms with E-state index in [-0.39, 0.29) is 13.2 Å². The van der Waals surface area contributed by atoms with E-state index in [0.29, 0.717) is 0 Å². The number of aliphatic hydroxyl groups excluding tert-OH is 1. The molecule has 2 fully saturated rings. The molecule has 2 aliphatic heterocycles. The van der Waals surface area contributed by atoms with Crippen LogP contribution in [0, 0.1) is 0 Å². The normalized spacial score (nSPS) is 52.8. The van der Waals surface area contributed by atoms with E-state index in [1.54, 1.807) is 0 Å². The predicted molar refractivity (Wildman–Crippen MR) is 37.4 cm³/mol. The standard InChI is InChI=1S/C7H12O5/c1-10-7(9)3-12-5-4(8)2-11-6(5)7/h4-6,8-9H,2-3H2,1H3/t4-,5+,6-,7-/m0/s1. The third kappa shape index (κ3) is 0.982. The molecule has 0 saturated carbocycles. The van der Waals surface area contributed by atoms with Gasteiger partial charge in [0.15, 0.2) is 0 Å². The zero-order chi connectivity index (χ0) is 8.77. The van der Waals surface area contributed by atoms with Crippen LogP contribution in [-0.4, -0.2) is 54.6 Å². The van der Waals surface area contributed by atoms with Gasteiger partial charge in [-0.25, -0.2) is 0 Å². The highest BCUT2D eigenvalue weighted by Gasteiger charge is 2.56. The summed E-state index contributed by atoms with van der Waals surface area (Å²) in [5.41, 5.74) is 0. The Morgan fingerprint density at radius 2 is 2.25 bits per heavy atom. The van der Waals surface area contributed by atoms with Crippen LogP contribution < -0.4 is 0 Å². The average Bonchev–Trinajstić information content (AvgIpc) is 2.57. The largest absolute Gasteiger partial charge is 0.388 e. The molecule has 2 heterocycles. The number of hydrogen-bond donors (Lipinski definition) is 2. The van der Waals surface area contributed by atoms with Gasteiger partial charge in [-0.15, -0.1) is 0 Å². The van der Waals surface area contributed by atoms with Gasteiger partial charge in [0.05, 0.1) is 6.61 Å². The second-order valence-electron chi connectivity index (χ2n) is 3.15. The number of methoxy groups -OCH3 is 1. The van der Waals surface area contributed by atoms with Gasteiger partial charge in [-0.1, -0.05) is 0 Å². The van der Waals surface area contributed by atoms with Crippen molar-refractivity contribution in [2.45, 2.75) is 24.1 Å². The van der Waals surface area contributed by atoms with Crippen LogP contribution in [0.25, 0.3) is 0 Å². The predicted octanol–water partition coefficient (Wildman–Crippen LogP) is -1.52. The fourth-order valence-electron chi connectivity index (χ4n) is 1.65. The molecule has 0 unspecified atom stereocenters. The first-order valence-corrected chi connectivity index (χ1v) is 3.86. The van der Waals surface area contributed by atoms with E-state index in [1.165, 1.54) is 7.11 Å². The monoisotopic (exact) mass is 176 g/mol. The highest BCUT2D eigenvalue weighted by atomic mass is 16.7. The highest BCUT2D eigenvalue weighted by Crippen LogP contribution is 2.34. The van der Waals surface area contributed by atoms with Crippen LogP contribution in [0.1, 0.15) is 0 Å². The minimum Gasteiger partial charge on any atom is -0.388 e. The summed E-state index contributed by atoms with van der Waals surface area (Å²) < 4.78 is 15.1. The molecule has 70 valence electrons. The van der Waals surface area contributed by atoms with E-state index < -0.39 is 24.1 Å². The Hall–Kier alpha value is -0.200. The van der Waals surface area contributed by atoms with Crippen molar-refractivity contribution in [3.8, 4) is 0 Å². The SMILES string of the molecule is CO[C@@]1(O)CO[C@@H]2[C@@H](O)CO[C@@H]21. The summed E-state index contributed by atoms with van der Waals surface area (Å²) in [7, 11) is 1.39. The number of fused-ring (bicyclic) bond motifs is 1. The summed E-state index contributed by atoms with van der Waals surface area (Å²) in [6.07, 6.45) is -1.66. The van der Waals surface area contributed by atoms with E-state index in [1.807, 2.05) is 0 Å². The Bertz CT molecular complexity index is 185. The molecule has 2 aliphatic rings. The minimum absolute atomic E-state index is 0.0515. The molecule has 2 rings (SSSR count). The number of rotatable bonds is 1. The van der Waals surface area contributed by atoms with Gasteiger partial charge in [-0.2, -0.15) is 0 Å². The van der Waals surface area contributed by atoms with Gasteiger partial charge in [0, 0.05) is 7.11 Å². The lowest BCUT2D eigenvalue weighted by Gasteiger charge is -2.24. The van der Waals surface area contributed by atoms with Crippen molar-refractivity contribution in [3.05, 3.63) is 0 Å². The highest BCUT2D eigenvalue weighted by molar-refractivity contribution is 4.98. The molecule has 0 aromatic heterocycles. The summed E-state index contributed by atoms with van der Waals surface area (Å²) in [6, 6.07) is 0. The molecular weight excluding hydrogens is 164 g/mol. The number of aliphatic hydroxyl groups is 2. The lowest BCUT2D eigenvalue weighted by atomic mass is 10.1. The Morgan fingerprint density at radius 3 is 2.92 bits per heavy atom. The van der Waals surface area contributed by atoms with Crippen molar-refractivity contribution in [2.75, 3.05) is 20.3 Å². The lowest BCUT2D eigenvalue weighted by molar-refractivity contribution is -0.229. The molecule has 0 aliphatic carbocycles. The van der Waals surface area contributed by atoms with Gasteiger partial charge >= 0.3 is 0 Å². The van der Waals surface area contributed by atoms with Gasteiger partial charge in [0.2, 0.25) is 5.79 Å². The molecule has 2 N–H and O–H groups in total. The summed E-state index contributed by atoms with van der Waals surface area (Å²) in [6.45, 7) is 0.247. The van der Waals surface area contributed by atoms with Gasteiger partial charge in [0.1, 0.15) is 24.9 Å². The maximum Gasteiger partial charge on any atom is 0.219 e. The van der Waals surface area contributed by atoms with E-state index in [4.69, 9.17) is 14.2 Å². The van der Waals surface area contributed by atoms with Crippen LogP contribution in [0.3, 0.4) is 0 Å². The molecule has 0 spiro atoms. The van der Waals surface area contributed by atoms with E-state index in [2.05, 4.69) is 0 Å². The van der Waals surface area contributed by atoms with Crippen molar-refractivity contribution in [2.24, 2.45) is 0 Å². The molecule has 4 atom stereocenters. The molecule has 0 amide bonds. The molecule has 0 bridgehead atoms. The zero-order valence-electron chi connectivity index (χ0n) is 6.77. The van der Waals surface area contributed by atoms with Gasteiger partial charge in [0.25, 0.3) is 0 Å². The number of ether oxygens (including phenoxy) is 3. The van der Waals surface area contributed by atoms with Crippen LogP contribution in [0.5, 0.6) is 0 Å². The first-order valence-electron chi connectivity index (χ1n) is 3.86. The van der Waals surface area contributed by atoms with Crippen LogP contribution in [-0.2, 0) is 14.2 Å². The summed E-state index contributed by atoms with van der Waals surface area (Å²) in [4.78, 5) is 0. The third-order valence-corrected chi connectivity index (χ3v) is 2.40. The topological polar surface area (TPSA) is 68.2 Å². The molecule has 0 radical (unpaired) electrons. The van der Waals surface area contributed by atoms with E-state index in [9.17, 15) is 10.2 Å². The molecular formula is C7H12O5. The van der Waals surface area contributed by atoms with Crippen molar-refractivity contribution >= 4 is 0 Å². The van der Waals surface area contributed by atoms with Crippen molar-refractivity contribution in [3.63, 3.8) is 0 Å². The van der Waals surface area contributed by atoms with Crippen molar-refractivity contribution < 1.29 is 24.4 Å². The average molecular weight is 176 g/mol. The molecule has 0 aromatic rings. The number of hydrogen-bond acceptors (Lipinski definition) is 5. The Balaban J connectivity index is 2.15. The molecule has 5 nitrogen and oxygen atoms in total. The maximum atomic E-state index is 9.70. The molecule has 5 heteroatoms. The van der Waals surface area contributed by atoms with Crippen LogP contribution >= 0.6 is 0 Å². The molecule has 12 heavy (non-hydrogen) atoms. The molecule has 0 aromatic carbocycles.